The van der Waals surface area contributed by atoms with E-state index in [1.807, 2.05) is 49.3 Å². The average Bonchev–Trinajstić information content (AvgIpc) is 2.55. The minimum atomic E-state index is -0.462. The van der Waals surface area contributed by atoms with Gasteiger partial charge in [-0.1, -0.05) is 36.4 Å². The molecule has 1 amide bonds. The zero-order valence-corrected chi connectivity index (χ0v) is 14.3. The van der Waals surface area contributed by atoms with Crippen LogP contribution < -0.4 is 10.1 Å². The SMILES string of the molecule is COc1ccc(CC(=O)N[C@@H](CN(C)C)c2ccccc2)cc1F. The van der Waals surface area contributed by atoms with Gasteiger partial charge in [0.15, 0.2) is 11.6 Å². The molecule has 2 aromatic rings. The molecule has 0 aliphatic rings. The second kappa shape index (κ2) is 8.45. The molecule has 0 fully saturated rings. The number of likely N-dealkylation sites (N-methyl/N-ethyl adjacent to an activating group) is 1. The summed E-state index contributed by atoms with van der Waals surface area (Å²) in [5.74, 6) is -0.431. The van der Waals surface area contributed by atoms with Crippen LogP contribution in [0.3, 0.4) is 0 Å². The highest BCUT2D eigenvalue weighted by Crippen LogP contribution is 2.18. The molecule has 0 unspecified atom stereocenters. The summed E-state index contributed by atoms with van der Waals surface area (Å²) in [5.41, 5.74) is 1.66. The third-order valence-corrected chi connectivity index (χ3v) is 3.67. The Labute approximate surface area is 142 Å². The molecule has 0 aliphatic heterocycles. The summed E-state index contributed by atoms with van der Waals surface area (Å²) >= 11 is 0. The van der Waals surface area contributed by atoms with E-state index in [1.165, 1.54) is 19.2 Å². The number of nitrogens with one attached hydrogen (secondary N) is 1. The van der Waals surface area contributed by atoms with Crippen molar-refractivity contribution in [3.05, 3.63) is 65.5 Å². The molecule has 2 aromatic carbocycles. The number of methoxy groups -OCH3 is 1. The van der Waals surface area contributed by atoms with Crippen LogP contribution in [0.1, 0.15) is 17.2 Å². The van der Waals surface area contributed by atoms with Crippen molar-refractivity contribution < 1.29 is 13.9 Å². The summed E-state index contributed by atoms with van der Waals surface area (Å²) in [6.45, 7) is 0.687. The van der Waals surface area contributed by atoms with E-state index >= 15 is 0 Å². The van der Waals surface area contributed by atoms with Crippen LogP contribution in [-0.2, 0) is 11.2 Å². The van der Waals surface area contributed by atoms with Crippen LogP contribution in [0.2, 0.25) is 0 Å². The van der Waals surface area contributed by atoms with E-state index in [4.69, 9.17) is 4.74 Å². The lowest BCUT2D eigenvalue weighted by molar-refractivity contribution is -0.121. The lowest BCUT2D eigenvalue weighted by Crippen LogP contribution is -2.36. The summed E-state index contributed by atoms with van der Waals surface area (Å²) in [5, 5.41) is 3.03. The first-order valence-corrected chi connectivity index (χ1v) is 7.81. The molecule has 1 atom stereocenters. The van der Waals surface area contributed by atoms with Crippen molar-refractivity contribution in [2.75, 3.05) is 27.7 Å². The number of hydrogen-bond acceptors (Lipinski definition) is 3. The van der Waals surface area contributed by atoms with Crippen LogP contribution in [0.15, 0.2) is 48.5 Å². The van der Waals surface area contributed by atoms with E-state index in [0.29, 0.717) is 12.1 Å². The molecule has 0 saturated heterocycles. The highest BCUT2D eigenvalue weighted by molar-refractivity contribution is 5.79. The molecule has 4 nitrogen and oxygen atoms in total. The second-order valence-corrected chi connectivity index (χ2v) is 5.94. The fraction of sp³-hybridized carbons (Fsp3) is 0.316. The molecule has 0 saturated carbocycles. The Morgan fingerprint density at radius 2 is 1.92 bits per heavy atom. The van der Waals surface area contributed by atoms with Crippen molar-refractivity contribution in [3.63, 3.8) is 0 Å². The Bertz CT molecular complexity index is 674. The predicted octanol–water partition coefficient (Wildman–Crippen LogP) is 2.80. The van der Waals surface area contributed by atoms with Gasteiger partial charge >= 0.3 is 0 Å². The molecule has 0 radical (unpaired) electrons. The normalized spacial score (nSPS) is 12.0. The number of hydrogen-bond donors (Lipinski definition) is 1. The summed E-state index contributed by atoms with van der Waals surface area (Å²) in [4.78, 5) is 14.4. The Balaban J connectivity index is 2.06. The molecule has 2 rings (SSSR count). The van der Waals surface area contributed by atoms with E-state index < -0.39 is 5.82 Å². The maximum atomic E-state index is 13.7. The van der Waals surface area contributed by atoms with E-state index in [-0.39, 0.29) is 24.1 Å². The van der Waals surface area contributed by atoms with Gasteiger partial charge in [-0.2, -0.15) is 0 Å². The number of amides is 1. The van der Waals surface area contributed by atoms with Crippen LogP contribution in [0, 0.1) is 5.82 Å². The number of nitrogens with zero attached hydrogens (tertiary/aromatic N) is 1. The average molecular weight is 330 g/mol. The summed E-state index contributed by atoms with van der Waals surface area (Å²) < 4.78 is 18.6. The van der Waals surface area contributed by atoms with Crippen molar-refractivity contribution in [1.29, 1.82) is 0 Å². The maximum absolute atomic E-state index is 13.7. The topological polar surface area (TPSA) is 41.6 Å². The number of halogens is 1. The van der Waals surface area contributed by atoms with Gasteiger partial charge < -0.3 is 15.0 Å². The zero-order chi connectivity index (χ0) is 17.5. The standard InChI is InChI=1S/C19H23FN2O2/c1-22(2)13-17(15-7-5-4-6-8-15)21-19(23)12-14-9-10-18(24-3)16(20)11-14/h4-11,17H,12-13H2,1-3H3,(H,21,23)/t17-/m0/s1. The second-order valence-electron chi connectivity index (χ2n) is 5.94. The molecule has 0 bridgehead atoms. The summed E-state index contributed by atoms with van der Waals surface area (Å²) in [6, 6.07) is 14.3. The van der Waals surface area contributed by atoms with Crippen molar-refractivity contribution in [3.8, 4) is 5.75 Å². The minimum Gasteiger partial charge on any atom is -0.494 e. The molecule has 0 spiro atoms. The number of rotatable bonds is 7. The quantitative estimate of drug-likeness (QED) is 0.849. The van der Waals surface area contributed by atoms with Crippen LogP contribution >= 0.6 is 0 Å². The monoisotopic (exact) mass is 330 g/mol. The lowest BCUT2D eigenvalue weighted by Gasteiger charge is -2.23. The van der Waals surface area contributed by atoms with Crippen LogP contribution in [-0.4, -0.2) is 38.6 Å². The Hall–Kier alpha value is -2.40. The Kier molecular flexibility index (Phi) is 6.32. The number of carbonyl (C=O) groups is 1. The number of carbonyl (C=O) groups excluding carboxylic acids is 1. The van der Waals surface area contributed by atoms with Gasteiger partial charge in [0.1, 0.15) is 0 Å². The maximum Gasteiger partial charge on any atom is 0.224 e. The van der Waals surface area contributed by atoms with Gasteiger partial charge in [0, 0.05) is 6.54 Å². The molecule has 0 heterocycles. The zero-order valence-electron chi connectivity index (χ0n) is 14.3. The lowest BCUT2D eigenvalue weighted by atomic mass is 10.1. The minimum absolute atomic E-state index is 0.114. The first-order chi connectivity index (χ1) is 11.5. The molecular formula is C19H23FN2O2. The third kappa shape index (κ3) is 5.06. The highest BCUT2D eigenvalue weighted by Gasteiger charge is 2.16. The van der Waals surface area contributed by atoms with Crippen LogP contribution in [0.4, 0.5) is 4.39 Å². The van der Waals surface area contributed by atoms with Crippen molar-refractivity contribution in [2.45, 2.75) is 12.5 Å². The predicted molar refractivity (Wildman–Crippen MR) is 92.5 cm³/mol. The molecule has 5 heteroatoms. The smallest absolute Gasteiger partial charge is 0.224 e. The van der Waals surface area contributed by atoms with Crippen LogP contribution in [0.5, 0.6) is 5.75 Å². The van der Waals surface area contributed by atoms with Crippen molar-refractivity contribution in [1.82, 2.24) is 10.2 Å². The molecule has 1 N–H and O–H groups in total. The van der Waals surface area contributed by atoms with Gasteiger partial charge in [-0.05, 0) is 37.4 Å². The highest BCUT2D eigenvalue weighted by atomic mass is 19.1. The first kappa shape index (κ1) is 17.9. The summed E-state index contributed by atoms with van der Waals surface area (Å²) in [6.07, 6.45) is 0.123. The van der Waals surface area contributed by atoms with E-state index in [0.717, 1.165) is 5.56 Å². The van der Waals surface area contributed by atoms with Gasteiger partial charge in [-0.15, -0.1) is 0 Å². The van der Waals surface area contributed by atoms with Gasteiger partial charge in [0.25, 0.3) is 0 Å². The third-order valence-electron chi connectivity index (χ3n) is 3.67. The van der Waals surface area contributed by atoms with Crippen molar-refractivity contribution >= 4 is 5.91 Å². The fourth-order valence-electron chi connectivity index (χ4n) is 2.54. The number of ether oxygens (including phenoxy) is 1. The Morgan fingerprint density at radius 3 is 2.50 bits per heavy atom. The van der Waals surface area contributed by atoms with E-state index in [1.54, 1.807) is 6.07 Å². The molecule has 0 aliphatic carbocycles. The van der Waals surface area contributed by atoms with Crippen LogP contribution in [0.25, 0.3) is 0 Å². The van der Waals surface area contributed by atoms with Gasteiger partial charge in [0.05, 0.1) is 19.6 Å². The van der Waals surface area contributed by atoms with E-state index in [2.05, 4.69) is 5.32 Å². The van der Waals surface area contributed by atoms with Gasteiger partial charge in [0.2, 0.25) is 5.91 Å². The fourth-order valence-corrected chi connectivity index (χ4v) is 2.54. The molecule has 0 aromatic heterocycles. The molecular weight excluding hydrogens is 307 g/mol. The first-order valence-electron chi connectivity index (χ1n) is 7.81. The van der Waals surface area contributed by atoms with Gasteiger partial charge in [-0.25, -0.2) is 4.39 Å². The molecule has 24 heavy (non-hydrogen) atoms. The molecule has 128 valence electrons. The Morgan fingerprint density at radius 1 is 1.21 bits per heavy atom. The largest absolute Gasteiger partial charge is 0.494 e. The van der Waals surface area contributed by atoms with Gasteiger partial charge in [-0.3, -0.25) is 4.79 Å². The number of benzene rings is 2. The summed E-state index contributed by atoms with van der Waals surface area (Å²) in [7, 11) is 5.33. The van der Waals surface area contributed by atoms with Crippen molar-refractivity contribution in [2.24, 2.45) is 0 Å². The van der Waals surface area contributed by atoms with E-state index in [9.17, 15) is 9.18 Å².